The van der Waals surface area contributed by atoms with Gasteiger partial charge in [0.2, 0.25) is 17.3 Å². The van der Waals surface area contributed by atoms with Gasteiger partial charge in [0.25, 0.3) is 5.78 Å². The molecule has 30 heteroatoms. The van der Waals surface area contributed by atoms with Crippen molar-refractivity contribution in [1.29, 1.82) is 0 Å². The number of carbonyl (C=O) groups excluding carboxylic acids is 11. The summed E-state index contributed by atoms with van der Waals surface area (Å²) in [5.41, 5.74) is 12.0. The summed E-state index contributed by atoms with van der Waals surface area (Å²) >= 11 is 11.1. The number of thiophene rings is 6. The molecule has 6 aromatic heterocycles. The second kappa shape index (κ2) is 60.9. The maximum absolute atomic E-state index is 12.8. The number of hydrogen-bond donors (Lipinski definition) is 2. The first-order valence-corrected chi connectivity index (χ1v) is 40.8. The third-order valence-electron chi connectivity index (χ3n) is 15.5. The topological polar surface area (TPSA) is 310 Å². The molecular formula is C92H73Br2Li2MgN2O17S6-. The van der Waals surface area contributed by atoms with Gasteiger partial charge in [0, 0.05) is 60.9 Å². The van der Waals surface area contributed by atoms with E-state index in [1.165, 1.54) is 88.6 Å². The fourth-order valence-corrected chi connectivity index (χ4v) is 15.6. The van der Waals surface area contributed by atoms with Gasteiger partial charge in [-0.2, -0.15) is 84.7 Å². The minimum Gasteiger partial charge on any atom is -1.00 e. The van der Waals surface area contributed by atoms with Gasteiger partial charge in [0.15, 0.2) is 5.78 Å². The maximum Gasteiger partial charge on any atom is 2.00 e. The molecule has 0 unspecified atom stereocenters. The van der Waals surface area contributed by atoms with Gasteiger partial charge >= 0.3 is 90.9 Å². The molecule has 0 saturated heterocycles. The van der Waals surface area contributed by atoms with Crippen LogP contribution in [0.1, 0.15) is 114 Å². The van der Waals surface area contributed by atoms with Crippen LogP contribution in [0.4, 0.5) is 0 Å². The van der Waals surface area contributed by atoms with Gasteiger partial charge in [0.05, 0.1) is 32.9 Å². The van der Waals surface area contributed by atoms with Crippen LogP contribution < -0.4 is 59.8 Å². The molecule has 2 N–H and O–H groups in total. The molecule has 1 aliphatic rings. The summed E-state index contributed by atoms with van der Waals surface area (Å²) in [5.74, 6) is -5.25. The number of carbonyl (C=O) groups is 9. The Hall–Kier alpha value is -10.5. The number of Topliss-reactive ketones (excluding diaryl/α,β-unsaturated/α-hetero) is 5. The van der Waals surface area contributed by atoms with Crippen molar-refractivity contribution < 1.29 is 137 Å². The van der Waals surface area contributed by atoms with Gasteiger partial charge in [-0.05, 0) is 83.6 Å². The Morgan fingerprint density at radius 2 is 0.918 bits per heavy atom. The van der Waals surface area contributed by atoms with E-state index in [2.05, 4.69) is 46.2 Å². The van der Waals surface area contributed by atoms with Crippen LogP contribution in [0.15, 0.2) is 307 Å². The quantitative estimate of drug-likeness (QED) is 0.0281. The van der Waals surface area contributed by atoms with E-state index < -0.39 is 41.2 Å². The number of benzene rings is 8. The third-order valence-corrected chi connectivity index (χ3v) is 21.5. The fraction of sp³-hybridized carbons (Fsp3) is 0.0761. The van der Waals surface area contributed by atoms with Crippen LogP contribution in [-0.4, -0.2) is 130 Å². The number of halogens is 2. The first kappa shape index (κ1) is 110. The average Bonchev–Trinajstić information content (AvgIpc) is 1.57. The molecule has 608 valence electrons. The first-order chi connectivity index (χ1) is 56.7. The van der Waals surface area contributed by atoms with E-state index >= 15 is 0 Å². The smallest absolute Gasteiger partial charge is 1.00 e. The Morgan fingerprint density at radius 3 is 1.30 bits per heavy atom. The molecule has 0 saturated carbocycles. The van der Waals surface area contributed by atoms with Crippen LogP contribution in [0.5, 0.6) is 0 Å². The van der Waals surface area contributed by atoms with Crippen molar-refractivity contribution in [2.24, 2.45) is 4.99 Å². The molecule has 0 atom stereocenters. The van der Waals surface area contributed by atoms with Crippen LogP contribution in [0, 0.1) is 18.4 Å². The molecule has 0 radical (unpaired) electrons. The summed E-state index contributed by atoms with van der Waals surface area (Å²) in [6.07, 6.45) is 2.78. The van der Waals surface area contributed by atoms with E-state index in [0.29, 0.717) is 58.2 Å². The molecule has 0 fully saturated rings. The maximum atomic E-state index is 12.8. The molecular weight excluding hydrogens is 1800 g/mol. The molecule has 1 amide bonds. The second-order valence-electron chi connectivity index (χ2n) is 23.2. The van der Waals surface area contributed by atoms with Crippen molar-refractivity contribution in [3.05, 3.63) is 369 Å². The zero-order valence-corrected chi connectivity index (χ0v) is 75.0. The number of carboxylic acids is 3. The number of fused-ring (bicyclic) bond motifs is 1. The van der Waals surface area contributed by atoms with Crippen LogP contribution in [0.25, 0.3) is 55.6 Å². The first-order valence-electron chi connectivity index (χ1n) is 34.6. The number of rotatable bonds is 17. The predicted octanol–water partition coefficient (Wildman–Crippen LogP) is 11.5. The molecule has 14 aromatic rings. The van der Waals surface area contributed by atoms with E-state index in [9.17, 15) is 48.3 Å². The summed E-state index contributed by atoms with van der Waals surface area (Å²) in [6.45, 7) is 5.75. The fourth-order valence-electron chi connectivity index (χ4n) is 9.80. The van der Waals surface area contributed by atoms with E-state index in [4.69, 9.17) is 34.2 Å². The van der Waals surface area contributed by atoms with Crippen LogP contribution >= 0.6 is 84.0 Å². The van der Waals surface area contributed by atoms with Gasteiger partial charge in [-0.15, -0.1) is 50.5 Å². The van der Waals surface area contributed by atoms with Gasteiger partial charge in [-0.3, -0.25) is 49.9 Å². The number of nitrogens with zero attached hydrogens (tertiary/aromatic N) is 2. The molecule has 7 heterocycles. The van der Waals surface area contributed by atoms with Gasteiger partial charge in [0.1, 0.15) is 12.3 Å². The second-order valence-corrected chi connectivity index (χ2v) is 28.9. The number of ketones is 5. The minimum absolute atomic E-state index is 0. The number of aromatic carboxylic acids is 3. The zero-order chi connectivity index (χ0) is 84.9. The molecule has 122 heavy (non-hydrogen) atoms. The number of hydrogen-bond acceptors (Lipinski definition) is 22. The van der Waals surface area contributed by atoms with E-state index in [-0.39, 0.29) is 121 Å². The normalized spacial score (nSPS) is 9.75. The number of carboxylic acid groups (broad SMARTS) is 3. The number of unbranched alkanes of at least 4 members (excludes halogenated alkanes) is 1. The largest absolute Gasteiger partial charge is 2.00 e. The molecule has 0 bridgehead atoms. The number of likely N-dealkylation sites (N-methyl/N-ethyl adjacent to an activating group) is 1. The Morgan fingerprint density at radius 1 is 0.525 bits per heavy atom. The number of aliphatic imine (C=N–C) groups is 1. The summed E-state index contributed by atoms with van der Waals surface area (Å²) in [4.78, 5) is 148. The predicted molar refractivity (Wildman–Crippen MR) is 472 cm³/mol. The SMILES string of the molecule is C.CON(C)C(=O)C(=O)c1cc(-c2ccccc2)cs1.O=C(C(=O)c1cc(-c2ccccc2)cs1)c1ccccc1.O=C(C1=NCC(=O)c2c(-c3ccccc3)csc21)c1ccccc1.O=C(O)c1cscc1-c1ccccc1.O=C(O)c1cscc1Br.O=C([O-])c1[c-]scc1-c1ccccc1.O=C=O.O=C=O.[Br-].[CH2-]CCC.[Li+].[Li+].[Mg+2].[c-]1ccccc1. The van der Waals surface area contributed by atoms with Crippen molar-refractivity contribution in [2.45, 2.75) is 27.2 Å². The Bertz CT molecular complexity index is 5480. The summed E-state index contributed by atoms with van der Waals surface area (Å²) in [6, 6.07) is 81.9. The summed E-state index contributed by atoms with van der Waals surface area (Å²) in [5, 5.41) is 46.0. The molecule has 0 aliphatic carbocycles. The molecule has 0 spiro atoms. The minimum atomic E-state index is -1.18. The molecule has 1 aliphatic heterocycles. The van der Waals surface area contributed by atoms with Crippen molar-refractivity contribution >= 4 is 178 Å². The monoisotopic (exact) mass is 1870 g/mol. The Labute approximate surface area is 789 Å². The number of hydroxylamine groups is 2. The van der Waals surface area contributed by atoms with E-state index in [1.807, 2.05) is 228 Å². The van der Waals surface area contributed by atoms with Crippen molar-refractivity contribution in [2.75, 3.05) is 20.7 Å². The molecule has 8 aromatic carbocycles. The van der Waals surface area contributed by atoms with Crippen LogP contribution in [0.2, 0.25) is 0 Å². The van der Waals surface area contributed by atoms with Crippen molar-refractivity contribution in [1.82, 2.24) is 5.06 Å². The van der Waals surface area contributed by atoms with Gasteiger partial charge in [-0.25, -0.2) is 14.7 Å². The summed E-state index contributed by atoms with van der Waals surface area (Å²) in [7, 11) is 2.75. The van der Waals surface area contributed by atoms with Gasteiger partial charge in [-0.1, -0.05) is 244 Å². The van der Waals surface area contributed by atoms with Crippen LogP contribution in [0.3, 0.4) is 0 Å². The van der Waals surface area contributed by atoms with E-state index in [0.717, 1.165) is 61.6 Å². The van der Waals surface area contributed by atoms with Gasteiger partial charge < -0.3 is 44.0 Å². The summed E-state index contributed by atoms with van der Waals surface area (Å²) < 4.78 is 0.653. The standard InChI is InChI=1S/C20H13NO2S.C18H12O2S.C14H13NO3S.C11H8O2S.C11H7O2S.C6H5.C5H3BrO2S.C4H9.2CO2.CH4.BrH.2Li.Mg/c22-16-11-21-18(19(23)14-9-5-2-6-10-14)20-17(16)15(12-24-20)13-7-3-1-4-8-13;19-17(14-9-5-2-6-10-14)18(20)16-11-15(12-21-16)13-7-3-1-4-8-13;1-15(18-2)14(17)13(16)12-8-11(9-19-12)10-6-4-3-5-7-10;2*12-11(13)10-7-14-6-9(10)8-4-2-1-3-5-8;1-2-4-6-5-3-1;6-4-2-9-1-3(4)5(7)8;1-3-4-2;2*2-1-3;;;;;/h1-10,12H,11H2;1-12H;3-9H,1-2H3;1-7H,(H,12,13);1-6H,(H,12,13);1-5H;1-2H,(H,7,8);1,3-4H2,2H3;;;1H4;1H;;;/q;;;;2*-1;;-1;;;;;2*+1;+2/p-2. The average molecular weight is 1870 g/mol. The zero-order valence-electron chi connectivity index (χ0n) is 65.5. The Balaban J connectivity index is 0.000000711. The van der Waals surface area contributed by atoms with E-state index in [1.54, 1.807) is 70.1 Å². The van der Waals surface area contributed by atoms with Crippen molar-refractivity contribution in [3.8, 4) is 55.6 Å². The third kappa shape index (κ3) is 34.8. The molecule has 19 nitrogen and oxygen atoms in total. The van der Waals surface area contributed by atoms with Crippen molar-refractivity contribution in [3.63, 3.8) is 0 Å². The van der Waals surface area contributed by atoms with Crippen LogP contribution in [-0.2, 0) is 28.8 Å². The Kier molecular flexibility index (Phi) is 54.7. The number of amides is 1. The molecule has 15 rings (SSSR count).